The summed E-state index contributed by atoms with van der Waals surface area (Å²) in [4.78, 5) is 28.2. The van der Waals surface area contributed by atoms with Gasteiger partial charge in [0.25, 0.3) is 0 Å². The molecule has 2 heterocycles. The molecule has 142 valence electrons. The quantitative estimate of drug-likeness (QED) is 0.761. The van der Waals surface area contributed by atoms with E-state index in [9.17, 15) is 14.7 Å². The van der Waals surface area contributed by atoms with E-state index in [1.54, 1.807) is 30.2 Å². The molecule has 1 aromatic heterocycles. The first-order valence-corrected chi connectivity index (χ1v) is 9.96. The van der Waals surface area contributed by atoms with Gasteiger partial charge in [0.05, 0.1) is 6.42 Å². The number of amides is 1. The zero-order valence-electron chi connectivity index (χ0n) is 14.9. The number of ether oxygens (including phenoxy) is 1. The Morgan fingerprint density at radius 3 is 2.67 bits per heavy atom. The van der Waals surface area contributed by atoms with Crippen LogP contribution in [0.15, 0.2) is 48.8 Å². The lowest BCUT2D eigenvalue weighted by Gasteiger charge is -2.33. The van der Waals surface area contributed by atoms with Crippen LogP contribution in [0, 0.1) is 0 Å². The standard InChI is InChI=1S/C20H22N2O4S/c23-18(22-20(19(24)25)6-9-27-10-7-20)12-15-3-1-5-17(11-15)26-14-16-4-2-8-21-13-16/h1-5,8,11,13H,6-7,9-10,12,14H2,(H,22,23)(H,24,25). The van der Waals surface area contributed by atoms with Crippen LogP contribution in [-0.4, -0.2) is 39.0 Å². The first-order valence-electron chi connectivity index (χ1n) is 8.80. The highest BCUT2D eigenvalue weighted by molar-refractivity contribution is 7.99. The van der Waals surface area contributed by atoms with Crippen LogP contribution in [0.5, 0.6) is 5.75 Å². The summed E-state index contributed by atoms with van der Waals surface area (Å²) in [5.41, 5.74) is 0.595. The Balaban J connectivity index is 1.60. The van der Waals surface area contributed by atoms with Gasteiger partial charge in [0.2, 0.25) is 5.91 Å². The van der Waals surface area contributed by atoms with Crippen LogP contribution >= 0.6 is 11.8 Å². The number of carbonyl (C=O) groups is 2. The van der Waals surface area contributed by atoms with Crippen molar-refractivity contribution in [1.82, 2.24) is 10.3 Å². The van der Waals surface area contributed by atoms with Crippen LogP contribution < -0.4 is 10.1 Å². The van der Waals surface area contributed by atoms with E-state index in [4.69, 9.17) is 4.74 Å². The molecule has 0 aliphatic carbocycles. The third-order valence-corrected chi connectivity index (χ3v) is 5.51. The van der Waals surface area contributed by atoms with Gasteiger partial charge < -0.3 is 15.2 Å². The van der Waals surface area contributed by atoms with Crippen molar-refractivity contribution in [3.05, 3.63) is 59.9 Å². The van der Waals surface area contributed by atoms with Gasteiger partial charge in [-0.25, -0.2) is 4.79 Å². The number of aliphatic carboxylic acids is 1. The topological polar surface area (TPSA) is 88.5 Å². The summed E-state index contributed by atoms with van der Waals surface area (Å²) in [5, 5.41) is 12.3. The van der Waals surface area contributed by atoms with Crippen molar-refractivity contribution in [2.24, 2.45) is 0 Å². The normalized spacial score (nSPS) is 15.7. The van der Waals surface area contributed by atoms with Crippen LogP contribution in [-0.2, 0) is 22.6 Å². The van der Waals surface area contributed by atoms with Crippen LogP contribution in [0.1, 0.15) is 24.0 Å². The van der Waals surface area contributed by atoms with Crippen molar-refractivity contribution < 1.29 is 19.4 Å². The largest absolute Gasteiger partial charge is 0.489 e. The van der Waals surface area contributed by atoms with Gasteiger partial charge in [-0.15, -0.1) is 0 Å². The van der Waals surface area contributed by atoms with E-state index in [0.29, 0.717) is 25.2 Å². The Morgan fingerprint density at radius 1 is 1.19 bits per heavy atom. The zero-order valence-corrected chi connectivity index (χ0v) is 15.7. The summed E-state index contributed by atoms with van der Waals surface area (Å²) in [7, 11) is 0. The fourth-order valence-corrected chi connectivity index (χ4v) is 4.19. The van der Waals surface area contributed by atoms with Crippen LogP contribution in [0.4, 0.5) is 0 Å². The summed E-state index contributed by atoms with van der Waals surface area (Å²) < 4.78 is 5.75. The van der Waals surface area contributed by atoms with Gasteiger partial charge in [-0.1, -0.05) is 18.2 Å². The van der Waals surface area contributed by atoms with E-state index in [2.05, 4.69) is 10.3 Å². The van der Waals surface area contributed by atoms with Crippen LogP contribution in [0.3, 0.4) is 0 Å². The number of nitrogens with zero attached hydrogens (tertiary/aromatic N) is 1. The molecule has 0 spiro atoms. The molecule has 0 unspecified atom stereocenters. The Morgan fingerprint density at radius 2 is 1.96 bits per heavy atom. The summed E-state index contributed by atoms with van der Waals surface area (Å²) in [5.74, 6) is 0.902. The minimum atomic E-state index is -1.14. The third-order valence-electron chi connectivity index (χ3n) is 4.53. The Kier molecular flexibility index (Phi) is 6.34. The van der Waals surface area contributed by atoms with Crippen molar-refractivity contribution in [1.29, 1.82) is 0 Å². The molecule has 0 atom stereocenters. The second-order valence-corrected chi connectivity index (χ2v) is 7.75. The number of carboxylic acids is 1. The molecule has 1 aromatic carbocycles. The van der Waals surface area contributed by atoms with E-state index >= 15 is 0 Å². The maximum absolute atomic E-state index is 12.5. The lowest BCUT2D eigenvalue weighted by molar-refractivity contribution is -0.148. The molecular formula is C20H22N2O4S. The molecule has 3 rings (SSSR count). The number of benzene rings is 1. The number of thioether (sulfide) groups is 1. The lowest BCUT2D eigenvalue weighted by Crippen LogP contribution is -2.56. The van der Waals surface area contributed by atoms with E-state index in [-0.39, 0.29) is 12.3 Å². The van der Waals surface area contributed by atoms with Crippen LogP contribution in [0.25, 0.3) is 0 Å². The number of aromatic nitrogens is 1. The molecule has 7 heteroatoms. The first kappa shape index (κ1) is 19.2. The van der Waals surface area contributed by atoms with E-state index in [1.165, 1.54) is 0 Å². The summed E-state index contributed by atoms with van der Waals surface area (Å²) >= 11 is 1.72. The number of hydrogen-bond acceptors (Lipinski definition) is 5. The molecule has 0 bridgehead atoms. The summed E-state index contributed by atoms with van der Waals surface area (Å²) in [6.45, 7) is 0.392. The second kappa shape index (κ2) is 8.90. The first-order chi connectivity index (χ1) is 13.1. The average molecular weight is 386 g/mol. The van der Waals surface area contributed by atoms with Gasteiger partial charge in [-0.2, -0.15) is 11.8 Å². The molecular weight excluding hydrogens is 364 g/mol. The van der Waals surface area contributed by atoms with Crippen molar-refractivity contribution in [2.45, 2.75) is 31.4 Å². The molecule has 2 N–H and O–H groups in total. The van der Waals surface area contributed by atoms with E-state index in [0.717, 1.165) is 22.6 Å². The molecule has 1 amide bonds. The highest BCUT2D eigenvalue weighted by Gasteiger charge is 2.41. The minimum absolute atomic E-state index is 0.117. The van der Waals surface area contributed by atoms with Gasteiger partial charge in [0, 0.05) is 18.0 Å². The fourth-order valence-electron chi connectivity index (χ4n) is 3.00. The SMILES string of the molecule is O=C(Cc1cccc(OCc2cccnc2)c1)NC1(C(=O)O)CCSCC1. The molecule has 1 aliphatic rings. The highest BCUT2D eigenvalue weighted by Crippen LogP contribution is 2.27. The number of hydrogen-bond donors (Lipinski definition) is 2. The second-order valence-electron chi connectivity index (χ2n) is 6.52. The van der Waals surface area contributed by atoms with Crippen molar-refractivity contribution in [3.63, 3.8) is 0 Å². The Bertz CT molecular complexity index is 792. The Labute approximate surface area is 162 Å². The molecule has 0 saturated carbocycles. The molecule has 27 heavy (non-hydrogen) atoms. The van der Waals surface area contributed by atoms with Crippen molar-refractivity contribution in [2.75, 3.05) is 11.5 Å². The van der Waals surface area contributed by atoms with Gasteiger partial charge in [-0.05, 0) is 48.1 Å². The molecule has 1 fully saturated rings. The predicted molar refractivity (Wildman–Crippen MR) is 104 cm³/mol. The summed E-state index contributed by atoms with van der Waals surface area (Å²) in [6, 6.07) is 11.1. The van der Waals surface area contributed by atoms with E-state index < -0.39 is 11.5 Å². The van der Waals surface area contributed by atoms with Crippen molar-refractivity contribution in [3.8, 4) is 5.75 Å². The van der Waals surface area contributed by atoms with Crippen LogP contribution in [0.2, 0.25) is 0 Å². The molecule has 2 aromatic rings. The predicted octanol–water partition coefficient (Wildman–Crippen LogP) is 2.67. The van der Waals surface area contributed by atoms with Gasteiger partial charge in [0.1, 0.15) is 17.9 Å². The molecule has 6 nitrogen and oxygen atoms in total. The lowest BCUT2D eigenvalue weighted by atomic mass is 9.92. The molecule has 1 saturated heterocycles. The molecule has 0 radical (unpaired) electrons. The number of carbonyl (C=O) groups excluding carboxylic acids is 1. The van der Waals surface area contributed by atoms with Gasteiger partial charge in [0.15, 0.2) is 0 Å². The number of carboxylic acid groups (broad SMARTS) is 1. The molecule has 1 aliphatic heterocycles. The van der Waals surface area contributed by atoms with Gasteiger partial charge >= 0.3 is 5.97 Å². The number of nitrogens with one attached hydrogen (secondary N) is 1. The summed E-state index contributed by atoms with van der Waals surface area (Å²) in [6.07, 6.45) is 4.47. The monoisotopic (exact) mass is 386 g/mol. The highest BCUT2D eigenvalue weighted by atomic mass is 32.2. The third kappa shape index (κ3) is 5.23. The van der Waals surface area contributed by atoms with Gasteiger partial charge in [-0.3, -0.25) is 9.78 Å². The maximum Gasteiger partial charge on any atom is 0.329 e. The van der Waals surface area contributed by atoms with Crippen molar-refractivity contribution >= 4 is 23.6 Å². The smallest absolute Gasteiger partial charge is 0.329 e. The minimum Gasteiger partial charge on any atom is -0.489 e. The Hall–Kier alpha value is -2.54. The number of rotatable bonds is 7. The average Bonchev–Trinajstić information content (AvgIpc) is 2.68. The van der Waals surface area contributed by atoms with E-state index in [1.807, 2.05) is 30.3 Å². The maximum atomic E-state index is 12.5. The number of pyridine rings is 1. The zero-order chi connectivity index (χ0) is 19.1. The fraction of sp³-hybridized carbons (Fsp3) is 0.350.